The fourth-order valence-electron chi connectivity index (χ4n) is 3.18. The van der Waals surface area contributed by atoms with Crippen LogP contribution in [0.25, 0.3) is 11.2 Å². The number of anilines is 2. The van der Waals surface area contributed by atoms with Crippen molar-refractivity contribution >= 4 is 38.6 Å². The van der Waals surface area contributed by atoms with Gasteiger partial charge in [-0.25, -0.2) is 15.0 Å². The van der Waals surface area contributed by atoms with E-state index in [-0.39, 0.29) is 6.23 Å². The van der Waals surface area contributed by atoms with Crippen LogP contribution in [-0.4, -0.2) is 40.3 Å². The highest BCUT2D eigenvalue weighted by Gasteiger charge is 2.21. The number of hydrogen-bond donors (Lipinski definition) is 1. The molecule has 0 aliphatic carbocycles. The summed E-state index contributed by atoms with van der Waals surface area (Å²) in [6.07, 6.45) is 4.90. The summed E-state index contributed by atoms with van der Waals surface area (Å²) >= 11 is 3.40. The van der Waals surface area contributed by atoms with Gasteiger partial charge in [0.2, 0.25) is 4.73 Å². The van der Waals surface area contributed by atoms with Crippen LogP contribution in [0, 0.1) is 0 Å². The molecule has 3 heterocycles. The minimum absolute atomic E-state index is 0.0421. The maximum Gasteiger partial charge on any atom is 0.200 e. The Balaban J connectivity index is 1.71. The first-order valence-electron chi connectivity index (χ1n) is 8.70. The number of fused-ring (bicyclic) bond motifs is 1. The smallest absolute Gasteiger partial charge is 0.200 e. The molecule has 1 aliphatic rings. The predicted molar refractivity (Wildman–Crippen MR) is 105 cm³/mol. The van der Waals surface area contributed by atoms with Crippen LogP contribution in [0.5, 0.6) is 11.5 Å². The van der Waals surface area contributed by atoms with E-state index in [9.17, 15) is 0 Å². The monoisotopic (exact) mass is 433 g/mol. The number of ether oxygens (including phenoxy) is 3. The fourth-order valence-corrected chi connectivity index (χ4v) is 3.53. The molecular weight excluding hydrogens is 414 g/mol. The SMILES string of the molecule is COc1ccc(Nc2nc(Br)nc3c2ncn3C2CCCCO2)cc1OC. The number of rotatable bonds is 5. The van der Waals surface area contributed by atoms with Gasteiger partial charge < -0.3 is 19.5 Å². The van der Waals surface area contributed by atoms with Crippen molar-refractivity contribution < 1.29 is 14.2 Å². The van der Waals surface area contributed by atoms with Gasteiger partial charge in [-0.1, -0.05) is 0 Å². The van der Waals surface area contributed by atoms with E-state index in [0.717, 1.165) is 37.2 Å². The molecule has 1 fully saturated rings. The topological polar surface area (TPSA) is 83.3 Å². The zero-order chi connectivity index (χ0) is 18.8. The van der Waals surface area contributed by atoms with Crippen LogP contribution in [0.1, 0.15) is 25.5 Å². The molecule has 27 heavy (non-hydrogen) atoms. The molecule has 4 rings (SSSR count). The summed E-state index contributed by atoms with van der Waals surface area (Å²) in [6, 6.07) is 5.58. The average Bonchev–Trinajstić information content (AvgIpc) is 3.12. The first-order valence-corrected chi connectivity index (χ1v) is 9.49. The van der Waals surface area contributed by atoms with Gasteiger partial charge in [-0.15, -0.1) is 0 Å². The highest BCUT2D eigenvalue weighted by molar-refractivity contribution is 9.10. The second-order valence-corrected chi connectivity index (χ2v) is 6.89. The molecule has 0 saturated carbocycles. The molecule has 0 bridgehead atoms. The van der Waals surface area contributed by atoms with E-state index in [4.69, 9.17) is 14.2 Å². The number of methoxy groups -OCH3 is 2. The summed E-state index contributed by atoms with van der Waals surface area (Å²) < 4.78 is 19.0. The Morgan fingerprint density at radius 2 is 2.04 bits per heavy atom. The zero-order valence-electron chi connectivity index (χ0n) is 15.1. The maximum atomic E-state index is 5.88. The van der Waals surface area contributed by atoms with Crippen LogP contribution in [0.4, 0.5) is 11.5 Å². The summed E-state index contributed by atoms with van der Waals surface area (Å²) in [4.78, 5) is 13.5. The zero-order valence-corrected chi connectivity index (χ0v) is 16.7. The Labute approximate surface area is 165 Å². The second-order valence-electron chi connectivity index (χ2n) is 6.18. The van der Waals surface area contributed by atoms with Gasteiger partial charge in [0.25, 0.3) is 0 Å². The lowest BCUT2D eigenvalue weighted by molar-refractivity contribution is -0.0298. The molecule has 0 amide bonds. The highest BCUT2D eigenvalue weighted by atomic mass is 79.9. The number of aromatic nitrogens is 4. The third-order valence-corrected chi connectivity index (χ3v) is 4.86. The lowest BCUT2D eigenvalue weighted by Gasteiger charge is -2.23. The van der Waals surface area contributed by atoms with Gasteiger partial charge in [-0.05, 0) is 47.3 Å². The number of imidazole rings is 1. The van der Waals surface area contributed by atoms with Crippen molar-refractivity contribution in [3.05, 3.63) is 29.3 Å². The fraction of sp³-hybridized carbons (Fsp3) is 0.389. The maximum absolute atomic E-state index is 5.88. The minimum Gasteiger partial charge on any atom is -0.493 e. The summed E-state index contributed by atoms with van der Waals surface area (Å²) in [5.74, 6) is 1.90. The van der Waals surface area contributed by atoms with E-state index >= 15 is 0 Å². The lowest BCUT2D eigenvalue weighted by atomic mass is 10.2. The molecule has 1 N–H and O–H groups in total. The Hall–Kier alpha value is -2.39. The Morgan fingerprint density at radius 1 is 1.19 bits per heavy atom. The van der Waals surface area contributed by atoms with E-state index in [1.54, 1.807) is 20.5 Å². The van der Waals surface area contributed by atoms with Gasteiger partial charge in [-0.3, -0.25) is 4.57 Å². The van der Waals surface area contributed by atoms with Crippen LogP contribution < -0.4 is 14.8 Å². The van der Waals surface area contributed by atoms with Gasteiger partial charge in [0.15, 0.2) is 28.5 Å². The van der Waals surface area contributed by atoms with Crippen LogP contribution in [0.3, 0.4) is 0 Å². The third-order valence-electron chi connectivity index (χ3n) is 4.51. The van der Waals surface area contributed by atoms with Crippen molar-refractivity contribution in [3.63, 3.8) is 0 Å². The van der Waals surface area contributed by atoms with E-state index in [2.05, 4.69) is 36.2 Å². The molecule has 0 spiro atoms. The normalized spacial score (nSPS) is 17.1. The molecule has 0 radical (unpaired) electrons. The molecule has 1 unspecified atom stereocenters. The molecule has 8 nitrogen and oxygen atoms in total. The standard InChI is InChI=1S/C18H20BrN5O3/c1-25-12-7-6-11(9-13(12)26-2)21-16-15-17(23-18(19)22-16)24(10-20-15)14-5-3-4-8-27-14/h6-7,9-10,14H,3-5,8H2,1-2H3,(H,21,22,23). The molecule has 2 aromatic heterocycles. The first kappa shape index (κ1) is 18.0. The van der Waals surface area contributed by atoms with Crippen molar-refractivity contribution in [2.24, 2.45) is 0 Å². The van der Waals surface area contributed by atoms with E-state index in [1.807, 2.05) is 22.8 Å². The van der Waals surface area contributed by atoms with Gasteiger partial charge in [0.05, 0.1) is 20.5 Å². The van der Waals surface area contributed by atoms with E-state index in [0.29, 0.717) is 27.6 Å². The van der Waals surface area contributed by atoms with E-state index < -0.39 is 0 Å². The molecule has 3 aromatic rings. The second kappa shape index (κ2) is 7.69. The molecule has 142 valence electrons. The average molecular weight is 434 g/mol. The highest BCUT2D eigenvalue weighted by Crippen LogP contribution is 2.33. The number of nitrogens with zero attached hydrogens (tertiary/aromatic N) is 4. The van der Waals surface area contributed by atoms with Crippen LogP contribution in [0.2, 0.25) is 0 Å². The summed E-state index contributed by atoms with van der Waals surface area (Å²) in [5, 5.41) is 3.30. The number of benzene rings is 1. The van der Waals surface area contributed by atoms with Crippen molar-refractivity contribution in [2.45, 2.75) is 25.5 Å². The van der Waals surface area contributed by atoms with Gasteiger partial charge >= 0.3 is 0 Å². The molecule has 1 aromatic carbocycles. The van der Waals surface area contributed by atoms with E-state index in [1.165, 1.54) is 0 Å². The van der Waals surface area contributed by atoms with Gasteiger partial charge in [-0.2, -0.15) is 0 Å². The minimum atomic E-state index is -0.0421. The van der Waals surface area contributed by atoms with Crippen molar-refractivity contribution in [1.29, 1.82) is 0 Å². The summed E-state index contributed by atoms with van der Waals surface area (Å²) in [7, 11) is 3.21. The van der Waals surface area contributed by atoms with Crippen molar-refractivity contribution in [3.8, 4) is 11.5 Å². The third kappa shape index (κ3) is 3.57. The summed E-state index contributed by atoms with van der Waals surface area (Å²) in [5.41, 5.74) is 2.22. The number of halogens is 1. The van der Waals surface area contributed by atoms with Crippen LogP contribution in [-0.2, 0) is 4.74 Å². The van der Waals surface area contributed by atoms with Crippen LogP contribution in [0.15, 0.2) is 29.3 Å². The van der Waals surface area contributed by atoms with Crippen molar-refractivity contribution in [1.82, 2.24) is 19.5 Å². The molecule has 9 heteroatoms. The largest absolute Gasteiger partial charge is 0.493 e. The molecule has 1 atom stereocenters. The van der Waals surface area contributed by atoms with Crippen LogP contribution >= 0.6 is 15.9 Å². The molecule has 1 saturated heterocycles. The Morgan fingerprint density at radius 3 is 2.78 bits per heavy atom. The Kier molecular flexibility index (Phi) is 5.13. The lowest BCUT2D eigenvalue weighted by Crippen LogP contribution is -2.17. The van der Waals surface area contributed by atoms with Gasteiger partial charge in [0, 0.05) is 18.4 Å². The number of nitrogens with one attached hydrogen (secondary N) is 1. The summed E-state index contributed by atoms with van der Waals surface area (Å²) in [6.45, 7) is 0.757. The molecular formula is C18H20BrN5O3. The first-order chi connectivity index (χ1) is 13.2. The molecule has 1 aliphatic heterocycles. The quantitative estimate of drug-likeness (QED) is 0.607. The Bertz CT molecular complexity index is 956. The number of hydrogen-bond acceptors (Lipinski definition) is 7. The van der Waals surface area contributed by atoms with Gasteiger partial charge in [0.1, 0.15) is 6.23 Å². The predicted octanol–water partition coefficient (Wildman–Crippen LogP) is 4.05. The van der Waals surface area contributed by atoms with Crippen molar-refractivity contribution in [2.75, 3.05) is 26.1 Å².